The number of cyclic esters (lactones) is 1. The number of nitrogens with zero attached hydrogens (tertiary/aromatic N) is 1. The summed E-state index contributed by atoms with van der Waals surface area (Å²) in [5, 5.41) is 0.413. The number of halogens is 1. The molecule has 1 aliphatic rings. The third kappa shape index (κ3) is 3.12. The van der Waals surface area contributed by atoms with E-state index in [9.17, 15) is 4.79 Å². The Kier molecular flexibility index (Phi) is 4.53. The molecule has 0 radical (unpaired) electrons. The summed E-state index contributed by atoms with van der Waals surface area (Å²) >= 11 is 6.24. The lowest BCUT2D eigenvalue weighted by Gasteiger charge is -2.09. The number of aliphatic imine (C=N–C) groups is 1. The van der Waals surface area contributed by atoms with Crippen LogP contribution in [0.25, 0.3) is 6.08 Å². The zero-order chi connectivity index (χ0) is 17.1. The lowest BCUT2D eigenvalue weighted by molar-refractivity contribution is -0.129. The predicted molar refractivity (Wildman–Crippen MR) is 91.6 cm³/mol. The first-order valence-electron chi connectivity index (χ1n) is 7.12. The van der Waals surface area contributed by atoms with Crippen LogP contribution in [0.2, 0.25) is 5.02 Å². The van der Waals surface area contributed by atoms with Gasteiger partial charge >= 0.3 is 5.97 Å². The van der Waals surface area contributed by atoms with Crippen LogP contribution in [0.3, 0.4) is 0 Å². The van der Waals surface area contributed by atoms with Crippen molar-refractivity contribution in [3.05, 3.63) is 64.3 Å². The predicted octanol–water partition coefficient (Wildman–Crippen LogP) is 3.70. The van der Waals surface area contributed by atoms with Gasteiger partial charge in [0.1, 0.15) is 0 Å². The zero-order valence-corrected chi connectivity index (χ0v) is 13.8. The molecule has 1 heterocycles. The molecule has 0 N–H and O–H groups in total. The van der Waals surface area contributed by atoms with Gasteiger partial charge in [0, 0.05) is 11.6 Å². The van der Waals surface area contributed by atoms with Gasteiger partial charge in [-0.05, 0) is 29.8 Å². The number of methoxy groups -OCH3 is 2. The summed E-state index contributed by atoms with van der Waals surface area (Å²) in [4.78, 5) is 16.3. The van der Waals surface area contributed by atoms with Crippen LogP contribution in [0.4, 0.5) is 0 Å². The van der Waals surface area contributed by atoms with E-state index in [4.69, 9.17) is 25.8 Å². The molecular formula is C18H14ClNO4. The van der Waals surface area contributed by atoms with Gasteiger partial charge in [0.25, 0.3) is 0 Å². The van der Waals surface area contributed by atoms with Crippen LogP contribution in [-0.4, -0.2) is 26.1 Å². The molecule has 0 spiro atoms. The van der Waals surface area contributed by atoms with Crippen molar-refractivity contribution in [2.75, 3.05) is 14.2 Å². The largest absolute Gasteiger partial charge is 0.493 e. The lowest BCUT2D eigenvalue weighted by atomic mass is 10.1. The van der Waals surface area contributed by atoms with Crippen molar-refractivity contribution in [1.29, 1.82) is 0 Å². The first kappa shape index (κ1) is 16.1. The molecule has 0 atom stereocenters. The number of carbonyl (C=O) groups excluding carboxylic acids is 1. The van der Waals surface area contributed by atoms with Gasteiger partial charge in [0.2, 0.25) is 5.90 Å². The maximum Gasteiger partial charge on any atom is 0.363 e. The molecule has 0 saturated heterocycles. The van der Waals surface area contributed by atoms with Gasteiger partial charge in [0.15, 0.2) is 17.2 Å². The number of hydrogen-bond acceptors (Lipinski definition) is 5. The molecule has 0 unspecified atom stereocenters. The minimum Gasteiger partial charge on any atom is -0.493 e. The molecule has 0 aromatic heterocycles. The van der Waals surface area contributed by atoms with Crippen LogP contribution in [0.1, 0.15) is 11.1 Å². The second kappa shape index (κ2) is 6.76. The molecule has 0 fully saturated rings. The van der Waals surface area contributed by atoms with Crippen LogP contribution in [0, 0.1) is 0 Å². The molecule has 0 bridgehead atoms. The third-order valence-electron chi connectivity index (χ3n) is 3.44. The van der Waals surface area contributed by atoms with Gasteiger partial charge in [-0.2, -0.15) is 0 Å². The highest BCUT2D eigenvalue weighted by Crippen LogP contribution is 2.34. The fourth-order valence-electron chi connectivity index (χ4n) is 2.24. The Bertz CT molecular complexity index is 844. The quantitative estimate of drug-likeness (QED) is 0.627. The van der Waals surface area contributed by atoms with Crippen LogP contribution < -0.4 is 9.47 Å². The highest BCUT2D eigenvalue weighted by molar-refractivity contribution is 6.32. The Morgan fingerprint density at radius 1 is 1.08 bits per heavy atom. The third-order valence-corrected chi connectivity index (χ3v) is 3.76. The monoisotopic (exact) mass is 343 g/mol. The summed E-state index contributed by atoms with van der Waals surface area (Å²) in [5.41, 5.74) is 1.48. The second-order valence-electron chi connectivity index (χ2n) is 4.93. The van der Waals surface area contributed by atoms with E-state index < -0.39 is 5.97 Å². The van der Waals surface area contributed by atoms with Gasteiger partial charge in [-0.1, -0.05) is 29.8 Å². The molecule has 1 aliphatic heterocycles. The maximum absolute atomic E-state index is 12.0. The molecule has 0 amide bonds. The van der Waals surface area contributed by atoms with E-state index in [-0.39, 0.29) is 11.6 Å². The Morgan fingerprint density at radius 3 is 2.42 bits per heavy atom. The van der Waals surface area contributed by atoms with Crippen molar-refractivity contribution in [2.45, 2.75) is 0 Å². The van der Waals surface area contributed by atoms with Gasteiger partial charge in [-0.25, -0.2) is 9.79 Å². The number of esters is 1. The van der Waals surface area contributed by atoms with Crippen molar-refractivity contribution in [2.24, 2.45) is 4.99 Å². The van der Waals surface area contributed by atoms with E-state index in [0.29, 0.717) is 22.1 Å². The molecule has 2 aromatic carbocycles. The highest BCUT2D eigenvalue weighted by atomic mass is 35.5. The lowest BCUT2D eigenvalue weighted by Crippen LogP contribution is -2.04. The molecule has 6 heteroatoms. The van der Waals surface area contributed by atoms with Gasteiger partial charge in [-0.3, -0.25) is 0 Å². The number of benzene rings is 2. The average Bonchev–Trinajstić information content (AvgIpc) is 2.97. The average molecular weight is 344 g/mol. The van der Waals surface area contributed by atoms with E-state index in [1.165, 1.54) is 14.2 Å². The van der Waals surface area contributed by atoms with E-state index in [1.54, 1.807) is 18.2 Å². The first-order valence-corrected chi connectivity index (χ1v) is 7.49. The number of rotatable bonds is 4. The molecule has 122 valence electrons. The first-order chi connectivity index (χ1) is 11.6. The van der Waals surface area contributed by atoms with E-state index in [2.05, 4.69) is 4.99 Å². The molecule has 2 aromatic rings. The normalized spacial score (nSPS) is 15.2. The minimum absolute atomic E-state index is 0.169. The summed E-state index contributed by atoms with van der Waals surface area (Å²) in [5.74, 6) is 0.752. The van der Waals surface area contributed by atoms with Crippen molar-refractivity contribution in [1.82, 2.24) is 0 Å². The molecule has 24 heavy (non-hydrogen) atoms. The molecule has 5 nitrogen and oxygen atoms in total. The summed E-state index contributed by atoms with van der Waals surface area (Å²) in [6, 6.07) is 12.5. The standard InChI is InChI=1S/C18H14ClNO4/c1-22-15-9-12(13(19)10-16(15)23-2)8-14-18(21)24-17(20-14)11-6-4-3-5-7-11/h3-10H,1-2H3. The summed E-state index contributed by atoms with van der Waals surface area (Å²) in [6.45, 7) is 0. The second-order valence-corrected chi connectivity index (χ2v) is 5.34. The Balaban J connectivity index is 1.99. The fourth-order valence-corrected chi connectivity index (χ4v) is 2.45. The van der Waals surface area contributed by atoms with E-state index in [1.807, 2.05) is 30.3 Å². The van der Waals surface area contributed by atoms with E-state index >= 15 is 0 Å². The number of hydrogen-bond donors (Lipinski definition) is 0. The van der Waals surface area contributed by atoms with Crippen molar-refractivity contribution >= 4 is 29.5 Å². The smallest absolute Gasteiger partial charge is 0.363 e. The van der Waals surface area contributed by atoms with Crippen LogP contribution in [0.15, 0.2) is 53.2 Å². The maximum atomic E-state index is 12.0. The molecular weight excluding hydrogens is 330 g/mol. The molecule has 0 aliphatic carbocycles. The summed E-state index contributed by atoms with van der Waals surface area (Å²) in [6.07, 6.45) is 1.56. The zero-order valence-electron chi connectivity index (χ0n) is 13.1. The summed E-state index contributed by atoms with van der Waals surface area (Å²) < 4.78 is 15.7. The Labute approximate surface area is 144 Å². The van der Waals surface area contributed by atoms with Gasteiger partial charge in [-0.15, -0.1) is 0 Å². The van der Waals surface area contributed by atoms with Crippen LogP contribution in [-0.2, 0) is 9.53 Å². The summed E-state index contributed by atoms with van der Waals surface area (Å²) in [7, 11) is 3.05. The SMILES string of the molecule is COc1cc(Cl)c(C=C2N=C(c3ccccc3)OC2=O)cc1OC. The van der Waals surface area contributed by atoms with Crippen molar-refractivity contribution in [3.8, 4) is 11.5 Å². The minimum atomic E-state index is -0.528. The molecule has 0 saturated carbocycles. The van der Waals surface area contributed by atoms with Crippen molar-refractivity contribution < 1.29 is 19.0 Å². The Hall–Kier alpha value is -2.79. The number of ether oxygens (including phenoxy) is 3. The highest BCUT2D eigenvalue weighted by Gasteiger charge is 2.24. The Morgan fingerprint density at radius 2 is 1.75 bits per heavy atom. The van der Waals surface area contributed by atoms with Gasteiger partial charge < -0.3 is 14.2 Å². The van der Waals surface area contributed by atoms with Gasteiger partial charge in [0.05, 0.1) is 19.2 Å². The fraction of sp³-hybridized carbons (Fsp3) is 0.111. The molecule has 3 rings (SSSR count). The topological polar surface area (TPSA) is 57.1 Å². The van der Waals surface area contributed by atoms with E-state index in [0.717, 1.165) is 5.56 Å². The number of carbonyl (C=O) groups is 1. The van der Waals surface area contributed by atoms with Crippen LogP contribution >= 0.6 is 11.6 Å². The van der Waals surface area contributed by atoms with Crippen LogP contribution in [0.5, 0.6) is 11.5 Å². The van der Waals surface area contributed by atoms with Crippen molar-refractivity contribution in [3.63, 3.8) is 0 Å².